The third-order valence-electron chi connectivity index (χ3n) is 4.79. The Bertz CT molecular complexity index is 906. The summed E-state index contributed by atoms with van der Waals surface area (Å²) >= 11 is 3.51. The van der Waals surface area contributed by atoms with Gasteiger partial charge in [-0.2, -0.15) is 0 Å². The summed E-state index contributed by atoms with van der Waals surface area (Å²) in [4.78, 5) is 19.6. The van der Waals surface area contributed by atoms with Crippen molar-refractivity contribution in [2.75, 3.05) is 0 Å². The first-order chi connectivity index (χ1) is 12.1. The highest BCUT2D eigenvalue weighted by Gasteiger charge is 2.36. The summed E-state index contributed by atoms with van der Waals surface area (Å²) in [5.41, 5.74) is 3.15. The van der Waals surface area contributed by atoms with Crippen molar-refractivity contribution in [1.29, 1.82) is 0 Å². The van der Waals surface area contributed by atoms with E-state index in [1.54, 1.807) is 6.33 Å². The van der Waals surface area contributed by atoms with E-state index in [-0.39, 0.29) is 18.0 Å². The summed E-state index contributed by atoms with van der Waals surface area (Å²) < 4.78 is 2.95. The van der Waals surface area contributed by atoms with Crippen molar-refractivity contribution in [2.45, 2.75) is 25.6 Å². The predicted molar refractivity (Wildman–Crippen MR) is 99.9 cm³/mol. The quantitative estimate of drug-likeness (QED) is 0.661. The van der Waals surface area contributed by atoms with Gasteiger partial charge in [0, 0.05) is 10.7 Å². The first-order valence-electron chi connectivity index (χ1n) is 8.27. The maximum atomic E-state index is 13.4. The highest BCUT2D eigenvalue weighted by molar-refractivity contribution is 9.10. The number of benzene rings is 2. The van der Waals surface area contributed by atoms with Crippen LogP contribution in [-0.4, -0.2) is 20.4 Å². The molecule has 0 unspecified atom stereocenters. The summed E-state index contributed by atoms with van der Waals surface area (Å²) in [6.07, 6.45) is 3.60. The Morgan fingerprint density at radius 1 is 1.16 bits per heavy atom. The number of nitrogens with zero attached hydrogens (tertiary/aromatic N) is 3. The second-order valence-electron chi connectivity index (χ2n) is 6.30. The van der Waals surface area contributed by atoms with Crippen molar-refractivity contribution in [3.63, 3.8) is 0 Å². The molecule has 126 valence electrons. The Balaban J connectivity index is 1.76. The average molecular weight is 396 g/mol. The lowest BCUT2D eigenvalue weighted by Crippen LogP contribution is -2.43. The van der Waals surface area contributed by atoms with E-state index in [9.17, 15) is 4.79 Å². The van der Waals surface area contributed by atoms with Gasteiger partial charge in [0.2, 0.25) is 0 Å². The molecule has 5 heteroatoms. The van der Waals surface area contributed by atoms with Gasteiger partial charge in [0.1, 0.15) is 6.04 Å². The molecule has 1 aliphatic heterocycles. The Labute approximate surface area is 155 Å². The SMILES string of the molecule is C[C@H](c1ccccc1)N1Cc2cncn2[C@@H](c2cccc(Br)c2)C1=O. The zero-order valence-corrected chi connectivity index (χ0v) is 15.4. The number of hydrogen-bond donors (Lipinski definition) is 0. The van der Waals surface area contributed by atoms with Gasteiger partial charge in [-0.05, 0) is 30.2 Å². The average Bonchev–Trinajstić information content (AvgIpc) is 3.09. The van der Waals surface area contributed by atoms with Crippen molar-refractivity contribution in [3.05, 3.63) is 88.4 Å². The van der Waals surface area contributed by atoms with Crippen LogP contribution in [0.5, 0.6) is 0 Å². The standard InChI is InChI=1S/C20H18BrN3O/c1-14(15-6-3-2-4-7-15)23-12-18-11-22-13-24(18)19(20(23)25)16-8-5-9-17(21)10-16/h2-11,13-14,19H,12H2,1H3/t14-,19+/m1/s1. The minimum atomic E-state index is -0.380. The van der Waals surface area contributed by atoms with E-state index < -0.39 is 0 Å². The largest absolute Gasteiger partial charge is 0.328 e. The number of fused-ring (bicyclic) bond motifs is 1. The lowest BCUT2D eigenvalue weighted by molar-refractivity contribution is -0.138. The van der Waals surface area contributed by atoms with Gasteiger partial charge in [0.05, 0.1) is 24.6 Å². The highest BCUT2D eigenvalue weighted by Crippen LogP contribution is 2.34. The van der Waals surface area contributed by atoms with Crippen LogP contribution in [0.25, 0.3) is 0 Å². The van der Waals surface area contributed by atoms with Crippen LogP contribution in [0.15, 0.2) is 71.6 Å². The molecule has 4 rings (SSSR count). The monoisotopic (exact) mass is 395 g/mol. The molecule has 2 aromatic carbocycles. The second kappa shape index (κ2) is 6.48. The minimum absolute atomic E-state index is 0.00648. The molecule has 1 aliphatic rings. The molecule has 25 heavy (non-hydrogen) atoms. The maximum absolute atomic E-state index is 13.4. The Morgan fingerprint density at radius 2 is 1.96 bits per heavy atom. The van der Waals surface area contributed by atoms with Crippen molar-refractivity contribution in [3.8, 4) is 0 Å². The van der Waals surface area contributed by atoms with Crippen LogP contribution in [0.3, 0.4) is 0 Å². The Hall–Kier alpha value is -2.40. The van der Waals surface area contributed by atoms with Crippen LogP contribution in [0, 0.1) is 0 Å². The molecule has 2 atom stereocenters. The molecule has 1 amide bonds. The number of hydrogen-bond acceptors (Lipinski definition) is 2. The lowest BCUT2D eigenvalue weighted by atomic mass is 9.99. The van der Waals surface area contributed by atoms with Crippen LogP contribution in [-0.2, 0) is 11.3 Å². The van der Waals surface area contributed by atoms with Gasteiger partial charge in [-0.3, -0.25) is 4.79 Å². The van der Waals surface area contributed by atoms with Gasteiger partial charge in [-0.25, -0.2) is 4.98 Å². The number of imidazole rings is 1. The van der Waals surface area contributed by atoms with Crippen LogP contribution in [0.2, 0.25) is 0 Å². The smallest absolute Gasteiger partial charge is 0.251 e. The number of carbonyl (C=O) groups is 1. The van der Waals surface area contributed by atoms with Crippen molar-refractivity contribution in [1.82, 2.24) is 14.5 Å². The van der Waals surface area contributed by atoms with Gasteiger partial charge >= 0.3 is 0 Å². The van der Waals surface area contributed by atoms with Gasteiger partial charge < -0.3 is 9.47 Å². The van der Waals surface area contributed by atoms with E-state index in [1.165, 1.54) is 0 Å². The molecule has 0 bridgehead atoms. The first kappa shape index (κ1) is 16.1. The maximum Gasteiger partial charge on any atom is 0.251 e. The van der Waals surface area contributed by atoms with E-state index in [0.29, 0.717) is 6.54 Å². The molecule has 3 aromatic rings. The second-order valence-corrected chi connectivity index (χ2v) is 7.22. The van der Waals surface area contributed by atoms with Gasteiger partial charge in [-0.15, -0.1) is 0 Å². The number of aromatic nitrogens is 2. The van der Waals surface area contributed by atoms with Crippen LogP contribution in [0.4, 0.5) is 0 Å². The molecule has 0 radical (unpaired) electrons. The number of amides is 1. The van der Waals surface area contributed by atoms with E-state index in [0.717, 1.165) is 21.3 Å². The van der Waals surface area contributed by atoms with Crippen LogP contribution >= 0.6 is 15.9 Å². The molecule has 1 aromatic heterocycles. The molecular weight excluding hydrogens is 378 g/mol. The molecule has 4 nitrogen and oxygen atoms in total. The van der Waals surface area contributed by atoms with E-state index in [2.05, 4.69) is 40.0 Å². The Morgan fingerprint density at radius 3 is 2.72 bits per heavy atom. The zero-order valence-electron chi connectivity index (χ0n) is 13.8. The molecule has 0 aliphatic carbocycles. The summed E-state index contributed by atoms with van der Waals surface area (Å²) in [7, 11) is 0. The molecule has 0 fully saturated rings. The third-order valence-corrected chi connectivity index (χ3v) is 5.28. The molecule has 0 N–H and O–H groups in total. The number of halogens is 1. The predicted octanol–water partition coefficient (Wildman–Crippen LogP) is 4.34. The fourth-order valence-corrected chi connectivity index (χ4v) is 3.85. The first-order valence-corrected chi connectivity index (χ1v) is 9.06. The fourth-order valence-electron chi connectivity index (χ4n) is 3.43. The van der Waals surface area contributed by atoms with Crippen molar-refractivity contribution in [2.24, 2.45) is 0 Å². The van der Waals surface area contributed by atoms with Crippen molar-refractivity contribution < 1.29 is 4.79 Å². The molecule has 0 saturated heterocycles. The lowest BCUT2D eigenvalue weighted by Gasteiger charge is -2.38. The summed E-state index contributed by atoms with van der Waals surface area (Å²) in [5, 5.41) is 0. The molecular formula is C20H18BrN3O. The summed E-state index contributed by atoms with van der Waals surface area (Å²) in [5.74, 6) is 0.0972. The van der Waals surface area contributed by atoms with Gasteiger partial charge in [-0.1, -0.05) is 58.4 Å². The molecule has 0 spiro atoms. The Kier molecular flexibility index (Phi) is 4.17. The molecule has 2 heterocycles. The van der Waals surface area contributed by atoms with E-state index in [1.807, 2.05) is 58.1 Å². The third kappa shape index (κ3) is 2.89. The summed E-state index contributed by atoms with van der Waals surface area (Å²) in [6, 6.07) is 17.7. The van der Waals surface area contributed by atoms with Crippen LogP contribution in [0.1, 0.15) is 35.8 Å². The van der Waals surface area contributed by atoms with Crippen LogP contribution < -0.4 is 0 Å². The topological polar surface area (TPSA) is 38.1 Å². The normalized spacial score (nSPS) is 18.1. The van der Waals surface area contributed by atoms with Gasteiger partial charge in [0.25, 0.3) is 5.91 Å². The van der Waals surface area contributed by atoms with Crippen molar-refractivity contribution >= 4 is 21.8 Å². The molecule has 0 saturated carbocycles. The van der Waals surface area contributed by atoms with E-state index >= 15 is 0 Å². The fraction of sp³-hybridized carbons (Fsp3) is 0.200. The minimum Gasteiger partial charge on any atom is -0.328 e. The zero-order chi connectivity index (χ0) is 17.4. The number of carbonyl (C=O) groups excluding carboxylic acids is 1. The van der Waals surface area contributed by atoms with E-state index in [4.69, 9.17) is 0 Å². The highest BCUT2D eigenvalue weighted by atomic mass is 79.9. The van der Waals surface area contributed by atoms with Gasteiger partial charge in [0.15, 0.2) is 0 Å². The number of rotatable bonds is 3. The summed E-state index contributed by atoms with van der Waals surface area (Å²) in [6.45, 7) is 2.65.